The van der Waals surface area contributed by atoms with Crippen LogP contribution in [0, 0.1) is 5.92 Å². The van der Waals surface area contributed by atoms with Crippen molar-refractivity contribution in [2.75, 3.05) is 20.1 Å². The van der Waals surface area contributed by atoms with Crippen LogP contribution in [0.4, 0.5) is 0 Å². The Morgan fingerprint density at radius 1 is 1.55 bits per heavy atom. The maximum Gasteiger partial charge on any atom is 1.00 e. The second-order valence-electron chi connectivity index (χ2n) is 2.92. The molecule has 3 nitrogen and oxygen atoms in total. The van der Waals surface area contributed by atoms with E-state index in [2.05, 4.69) is 4.90 Å². The Labute approximate surface area is 90.5 Å². The largest absolute Gasteiger partial charge is 1.00 e. The molecule has 0 aromatic carbocycles. The molecule has 60 valence electrons. The van der Waals surface area contributed by atoms with Crippen molar-refractivity contribution in [3.05, 3.63) is 0 Å². The molecule has 1 N–H and O–H groups in total. The molecular formula is C7H14NNaO2. The first kappa shape index (κ1) is 11.4. The third-order valence-corrected chi connectivity index (χ3v) is 2.07. The zero-order valence-electron chi connectivity index (χ0n) is 8.21. The van der Waals surface area contributed by atoms with E-state index in [1.165, 1.54) is 0 Å². The van der Waals surface area contributed by atoms with Crippen LogP contribution in [0.25, 0.3) is 0 Å². The Kier molecular flexibility index (Phi) is 5.34. The third kappa shape index (κ3) is 3.56. The molecule has 1 saturated heterocycles. The van der Waals surface area contributed by atoms with Gasteiger partial charge in [-0.3, -0.25) is 4.79 Å². The van der Waals surface area contributed by atoms with Gasteiger partial charge in [0.15, 0.2) is 0 Å². The second kappa shape index (κ2) is 5.14. The molecule has 1 aliphatic heterocycles. The Morgan fingerprint density at radius 2 is 2.00 bits per heavy atom. The predicted octanol–water partition coefficient (Wildman–Crippen LogP) is -2.47. The van der Waals surface area contributed by atoms with Gasteiger partial charge >= 0.3 is 35.5 Å². The van der Waals surface area contributed by atoms with Gasteiger partial charge in [-0.1, -0.05) is 0 Å². The van der Waals surface area contributed by atoms with Gasteiger partial charge in [0.05, 0.1) is 5.92 Å². The topological polar surface area (TPSA) is 40.5 Å². The van der Waals surface area contributed by atoms with Crippen LogP contribution in [0.15, 0.2) is 0 Å². The first-order valence-corrected chi connectivity index (χ1v) is 3.61. The van der Waals surface area contributed by atoms with Crippen molar-refractivity contribution in [2.45, 2.75) is 12.8 Å². The van der Waals surface area contributed by atoms with Crippen molar-refractivity contribution in [3.63, 3.8) is 0 Å². The van der Waals surface area contributed by atoms with Crippen molar-refractivity contribution < 1.29 is 40.9 Å². The average molecular weight is 167 g/mol. The van der Waals surface area contributed by atoms with Crippen LogP contribution in [-0.4, -0.2) is 36.1 Å². The fourth-order valence-corrected chi connectivity index (χ4v) is 1.26. The summed E-state index contributed by atoms with van der Waals surface area (Å²) in [6, 6.07) is 0. The van der Waals surface area contributed by atoms with Gasteiger partial charge in [-0.15, -0.1) is 0 Å². The molecule has 0 aliphatic carbocycles. The zero-order chi connectivity index (χ0) is 7.56. The Bertz CT molecular complexity index is 137. The van der Waals surface area contributed by atoms with Crippen LogP contribution < -0.4 is 29.6 Å². The van der Waals surface area contributed by atoms with E-state index in [-0.39, 0.29) is 36.9 Å². The van der Waals surface area contributed by atoms with Crippen LogP contribution in [0.2, 0.25) is 0 Å². The molecule has 1 heterocycles. The Balaban J connectivity index is 0. The smallest absolute Gasteiger partial charge is 1.00 e. The summed E-state index contributed by atoms with van der Waals surface area (Å²) in [5.41, 5.74) is 0. The van der Waals surface area contributed by atoms with Gasteiger partial charge in [-0.25, -0.2) is 0 Å². The molecule has 1 fully saturated rings. The third-order valence-electron chi connectivity index (χ3n) is 2.07. The van der Waals surface area contributed by atoms with E-state index in [0.29, 0.717) is 0 Å². The second-order valence-corrected chi connectivity index (χ2v) is 2.92. The summed E-state index contributed by atoms with van der Waals surface area (Å²) in [7, 11) is 2.03. The van der Waals surface area contributed by atoms with Gasteiger partial charge in [0.25, 0.3) is 0 Å². The Morgan fingerprint density at radius 3 is 2.36 bits per heavy atom. The summed E-state index contributed by atoms with van der Waals surface area (Å²) in [5, 5.41) is 8.61. The van der Waals surface area contributed by atoms with Crippen molar-refractivity contribution in [1.82, 2.24) is 4.90 Å². The van der Waals surface area contributed by atoms with E-state index in [4.69, 9.17) is 5.11 Å². The van der Waals surface area contributed by atoms with Gasteiger partial charge in [0, 0.05) is 0 Å². The maximum absolute atomic E-state index is 10.4. The molecule has 0 radical (unpaired) electrons. The van der Waals surface area contributed by atoms with Gasteiger partial charge in [0.1, 0.15) is 0 Å². The number of rotatable bonds is 1. The summed E-state index contributed by atoms with van der Waals surface area (Å²) in [6.45, 7) is 1.86. The number of nitrogens with zero attached hydrogens (tertiary/aromatic N) is 1. The van der Waals surface area contributed by atoms with Crippen LogP contribution in [-0.2, 0) is 4.79 Å². The van der Waals surface area contributed by atoms with Gasteiger partial charge < -0.3 is 11.4 Å². The predicted molar refractivity (Wildman–Crippen MR) is 39.0 cm³/mol. The van der Waals surface area contributed by atoms with Crippen molar-refractivity contribution in [3.8, 4) is 0 Å². The SMILES string of the molecule is CN1CCC(C(=O)O)CC1.[H-].[Na+]. The van der Waals surface area contributed by atoms with Gasteiger partial charge in [0.2, 0.25) is 0 Å². The first-order valence-electron chi connectivity index (χ1n) is 3.61. The summed E-state index contributed by atoms with van der Waals surface area (Å²) in [4.78, 5) is 12.6. The number of likely N-dealkylation sites (tertiary alicyclic amines) is 1. The van der Waals surface area contributed by atoms with Crippen molar-refractivity contribution >= 4 is 5.97 Å². The number of piperidine rings is 1. The molecule has 0 spiro atoms. The fraction of sp³-hybridized carbons (Fsp3) is 0.857. The molecule has 11 heavy (non-hydrogen) atoms. The Hall–Kier alpha value is 0.430. The molecule has 1 aliphatic rings. The molecule has 1 rings (SSSR count). The number of hydrogen-bond acceptors (Lipinski definition) is 2. The quantitative estimate of drug-likeness (QED) is 0.440. The van der Waals surface area contributed by atoms with E-state index < -0.39 is 5.97 Å². The van der Waals surface area contributed by atoms with E-state index >= 15 is 0 Å². The standard InChI is InChI=1S/C7H13NO2.Na.H/c1-8-4-2-6(3-5-8)7(9)10;;/h6H,2-5H2,1H3,(H,9,10);;/q;+1;-1. The minimum absolute atomic E-state index is 0. The summed E-state index contributed by atoms with van der Waals surface area (Å²) < 4.78 is 0. The molecule has 0 bridgehead atoms. The molecule has 0 saturated carbocycles. The van der Waals surface area contributed by atoms with Crippen LogP contribution in [0.3, 0.4) is 0 Å². The molecule has 0 aromatic rings. The molecule has 0 unspecified atom stereocenters. The van der Waals surface area contributed by atoms with Crippen LogP contribution >= 0.6 is 0 Å². The first-order chi connectivity index (χ1) is 4.70. The molecule has 0 aromatic heterocycles. The summed E-state index contributed by atoms with van der Waals surface area (Å²) in [6.07, 6.45) is 1.62. The van der Waals surface area contributed by atoms with Gasteiger partial charge in [-0.2, -0.15) is 0 Å². The minimum atomic E-state index is -0.631. The summed E-state index contributed by atoms with van der Waals surface area (Å²) in [5.74, 6) is -0.718. The minimum Gasteiger partial charge on any atom is -1.00 e. The number of carboxylic acid groups (broad SMARTS) is 1. The zero-order valence-corrected chi connectivity index (χ0v) is 9.21. The number of carboxylic acids is 1. The van der Waals surface area contributed by atoms with E-state index in [0.717, 1.165) is 25.9 Å². The van der Waals surface area contributed by atoms with E-state index in [1.807, 2.05) is 7.05 Å². The van der Waals surface area contributed by atoms with E-state index in [9.17, 15) is 4.79 Å². The molecular weight excluding hydrogens is 153 g/mol. The number of aliphatic carboxylic acids is 1. The van der Waals surface area contributed by atoms with Crippen LogP contribution in [0.5, 0.6) is 0 Å². The number of carbonyl (C=O) groups is 1. The maximum atomic E-state index is 10.4. The van der Waals surface area contributed by atoms with Gasteiger partial charge in [-0.05, 0) is 33.0 Å². The number of hydrogen-bond donors (Lipinski definition) is 1. The monoisotopic (exact) mass is 167 g/mol. The van der Waals surface area contributed by atoms with E-state index in [1.54, 1.807) is 0 Å². The molecule has 0 atom stereocenters. The normalized spacial score (nSPS) is 20.8. The van der Waals surface area contributed by atoms with Crippen molar-refractivity contribution in [2.24, 2.45) is 5.92 Å². The molecule has 4 heteroatoms. The molecule has 0 amide bonds. The van der Waals surface area contributed by atoms with Crippen LogP contribution in [0.1, 0.15) is 14.3 Å². The fourth-order valence-electron chi connectivity index (χ4n) is 1.26. The summed E-state index contributed by atoms with van der Waals surface area (Å²) >= 11 is 0. The van der Waals surface area contributed by atoms with Crippen molar-refractivity contribution in [1.29, 1.82) is 0 Å². The average Bonchev–Trinajstić information content (AvgIpc) is 1.88.